The minimum Gasteiger partial charge on any atom is -0.347 e. The Labute approximate surface area is 137 Å². The van der Waals surface area contributed by atoms with E-state index in [9.17, 15) is 18.4 Å². The number of rotatable bonds is 4. The quantitative estimate of drug-likeness (QED) is 0.847. The Hall–Kier alpha value is -2.76. The van der Waals surface area contributed by atoms with Crippen molar-refractivity contribution in [2.24, 2.45) is 0 Å². The monoisotopic (exact) mass is 330 g/mol. The minimum absolute atomic E-state index is 0.223. The Morgan fingerprint density at radius 3 is 1.96 bits per heavy atom. The van der Waals surface area contributed by atoms with Crippen LogP contribution < -0.4 is 10.6 Å². The lowest BCUT2D eigenvalue weighted by Crippen LogP contribution is -2.39. The van der Waals surface area contributed by atoms with Crippen LogP contribution in [0.1, 0.15) is 18.4 Å². The second-order valence-electron chi connectivity index (χ2n) is 5.93. The smallest absolute Gasteiger partial charge is 0.313 e. The number of carbonyl (C=O) groups excluding carboxylic acids is 2. The van der Waals surface area contributed by atoms with E-state index in [1.54, 1.807) is 12.1 Å². The van der Waals surface area contributed by atoms with Crippen LogP contribution in [0.2, 0.25) is 0 Å². The number of anilines is 1. The molecule has 1 aliphatic rings. The van der Waals surface area contributed by atoms with E-state index in [1.165, 1.54) is 36.4 Å². The molecule has 1 fully saturated rings. The fraction of sp³-hybridized carbons (Fsp3) is 0.222. The maximum Gasteiger partial charge on any atom is 0.313 e. The van der Waals surface area contributed by atoms with Crippen molar-refractivity contribution in [1.29, 1.82) is 0 Å². The van der Waals surface area contributed by atoms with Gasteiger partial charge in [-0.3, -0.25) is 9.59 Å². The zero-order valence-electron chi connectivity index (χ0n) is 12.8. The first kappa shape index (κ1) is 16.1. The van der Waals surface area contributed by atoms with Crippen molar-refractivity contribution in [3.8, 4) is 0 Å². The van der Waals surface area contributed by atoms with Gasteiger partial charge in [-0.2, -0.15) is 0 Å². The summed E-state index contributed by atoms with van der Waals surface area (Å²) < 4.78 is 25.8. The summed E-state index contributed by atoms with van der Waals surface area (Å²) in [6, 6.07) is 11.3. The molecule has 2 N–H and O–H groups in total. The Morgan fingerprint density at radius 1 is 0.875 bits per heavy atom. The van der Waals surface area contributed by atoms with Gasteiger partial charge in [-0.15, -0.1) is 0 Å². The lowest BCUT2D eigenvalue weighted by molar-refractivity contribution is -0.136. The highest BCUT2D eigenvalue weighted by molar-refractivity contribution is 6.39. The van der Waals surface area contributed by atoms with Gasteiger partial charge in [0.2, 0.25) is 0 Å². The number of hydrogen-bond donors (Lipinski definition) is 2. The van der Waals surface area contributed by atoms with Gasteiger partial charge in [0, 0.05) is 17.6 Å². The predicted molar refractivity (Wildman–Crippen MR) is 85.4 cm³/mol. The first-order chi connectivity index (χ1) is 11.5. The zero-order chi connectivity index (χ0) is 17.2. The zero-order valence-corrected chi connectivity index (χ0v) is 12.8. The van der Waals surface area contributed by atoms with Gasteiger partial charge in [0.25, 0.3) is 0 Å². The molecule has 2 amide bonds. The average Bonchev–Trinajstić information content (AvgIpc) is 3.36. The third-order valence-electron chi connectivity index (χ3n) is 4.21. The van der Waals surface area contributed by atoms with Crippen molar-refractivity contribution in [2.45, 2.75) is 18.3 Å². The topological polar surface area (TPSA) is 58.2 Å². The summed E-state index contributed by atoms with van der Waals surface area (Å²) in [6.07, 6.45) is 1.75. The van der Waals surface area contributed by atoms with Crippen LogP contribution >= 0.6 is 0 Å². The van der Waals surface area contributed by atoms with Crippen LogP contribution in [-0.4, -0.2) is 18.4 Å². The summed E-state index contributed by atoms with van der Waals surface area (Å²) in [7, 11) is 0. The number of halogens is 2. The van der Waals surface area contributed by atoms with Crippen LogP contribution in [0, 0.1) is 11.6 Å². The molecule has 0 heterocycles. The summed E-state index contributed by atoms with van der Waals surface area (Å²) in [5, 5.41) is 5.02. The first-order valence-corrected chi connectivity index (χ1v) is 7.59. The Bertz CT molecular complexity index is 754. The van der Waals surface area contributed by atoms with Crippen molar-refractivity contribution in [3.63, 3.8) is 0 Å². The molecule has 0 radical (unpaired) electrons. The van der Waals surface area contributed by atoms with E-state index in [4.69, 9.17) is 0 Å². The van der Waals surface area contributed by atoms with Crippen LogP contribution in [0.25, 0.3) is 0 Å². The molecule has 0 bridgehead atoms. The summed E-state index contributed by atoms with van der Waals surface area (Å²) in [4.78, 5) is 23.8. The molecule has 0 saturated heterocycles. The largest absolute Gasteiger partial charge is 0.347 e. The normalized spacial score (nSPS) is 14.8. The second-order valence-corrected chi connectivity index (χ2v) is 5.93. The van der Waals surface area contributed by atoms with E-state index < -0.39 is 17.6 Å². The third-order valence-corrected chi connectivity index (χ3v) is 4.21. The van der Waals surface area contributed by atoms with E-state index in [2.05, 4.69) is 10.6 Å². The molecule has 0 unspecified atom stereocenters. The van der Waals surface area contributed by atoms with E-state index in [1.807, 2.05) is 0 Å². The molecular formula is C18H16F2N2O2. The van der Waals surface area contributed by atoms with Crippen LogP contribution in [-0.2, 0) is 15.0 Å². The van der Waals surface area contributed by atoms with Gasteiger partial charge >= 0.3 is 11.8 Å². The van der Waals surface area contributed by atoms with E-state index in [0.29, 0.717) is 12.2 Å². The average molecular weight is 330 g/mol. The fourth-order valence-corrected chi connectivity index (χ4v) is 2.57. The SMILES string of the molecule is O=C(NCC1(c2ccc(F)cc2)CC1)C(=O)Nc1ccc(F)cc1. The Morgan fingerprint density at radius 2 is 1.42 bits per heavy atom. The highest BCUT2D eigenvalue weighted by atomic mass is 19.1. The van der Waals surface area contributed by atoms with Crippen molar-refractivity contribution >= 4 is 17.5 Å². The number of amides is 2. The van der Waals surface area contributed by atoms with Gasteiger partial charge in [-0.25, -0.2) is 8.78 Å². The number of benzene rings is 2. The summed E-state index contributed by atoms with van der Waals surface area (Å²) in [6.45, 7) is 0.314. The number of hydrogen-bond acceptors (Lipinski definition) is 2. The molecule has 2 aromatic rings. The van der Waals surface area contributed by atoms with Gasteiger partial charge in [-0.1, -0.05) is 12.1 Å². The lowest BCUT2D eigenvalue weighted by Gasteiger charge is -2.16. The van der Waals surface area contributed by atoms with Gasteiger partial charge in [0.1, 0.15) is 11.6 Å². The van der Waals surface area contributed by atoms with E-state index >= 15 is 0 Å². The highest BCUT2D eigenvalue weighted by Crippen LogP contribution is 2.47. The van der Waals surface area contributed by atoms with Crippen LogP contribution in [0.15, 0.2) is 48.5 Å². The van der Waals surface area contributed by atoms with Crippen molar-refractivity contribution in [2.75, 3.05) is 11.9 Å². The summed E-state index contributed by atoms with van der Waals surface area (Å²) in [5.41, 5.74) is 1.07. The molecule has 1 aliphatic carbocycles. The second kappa shape index (κ2) is 6.39. The molecule has 3 rings (SSSR count). The Kier molecular flexibility index (Phi) is 4.29. The van der Waals surface area contributed by atoms with Crippen molar-refractivity contribution in [1.82, 2.24) is 5.32 Å². The highest BCUT2D eigenvalue weighted by Gasteiger charge is 2.44. The maximum absolute atomic E-state index is 13.0. The predicted octanol–water partition coefficient (Wildman–Crippen LogP) is 2.75. The van der Waals surface area contributed by atoms with Crippen LogP contribution in [0.4, 0.5) is 14.5 Å². The minimum atomic E-state index is -0.809. The maximum atomic E-state index is 13.0. The fourth-order valence-electron chi connectivity index (χ4n) is 2.57. The lowest BCUT2D eigenvalue weighted by atomic mass is 9.96. The number of nitrogens with one attached hydrogen (secondary N) is 2. The number of carbonyl (C=O) groups is 2. The van der Waals surface area contributed by atoms with Crippen molar-refractivity contribution < 1.29 is 18.4 Å². The van der Waals surface area contributed by atoms with Crippen LogP contribution in [0.3, 0.4) is 0 Å². The van der Waals surface area contributed by atoms with Gasteiger partial charge in [0.05, 0.1) is 0 Å². The molecule has 124 valence electrons. The molecule has 1 saturated carbocycles. The van der Waals surface area contributed by atoms with Gasteiger partial charge in [0.15, 0.2) is 0 Å². The molecule has 4 nitrogen and oxygen atoms in total. The standard InChI is InChI=1S/C18H16F2N2O2/c19-13-3-1-12(2-4-13)18(9-10-18)11-21-16(23)17(24)22-15-7-5-14(20)6-8-15/h1-8H,9-11H2,(H,21,23)(H,22,24). The van der Waals surface area contributed by atoms with E-state index in [0.717, 1.165) is 18.4 Å². The molecule has 24 heavy (non-hydrogen) atoms. The molecule has 6 heteroatoms. The van der Waals surface area contributed by atoms with E-state index in [-0.39, 0.29) is 11.2 Å². The molecular weight excluding hydrogens is 314 g/mol. The molecule has 2 aromatic carbocycles. The third kappa shape index (κ3) is 3.59. The molecule has 0 spiro atoms. The summed E-state index contributed by atoms with van der Waals surface area (Å²) in [5.74, 6) is -2.30. The van der Waals surface area contributed by atoms with Crippen LogP contribution in [0.5, 0.6) is 0 Å². The van der Waals surface area contributed by atoms with Crippen molar-refractivity contribution in [3.05, 3.63) is 65.7 Å². The van der Waals surface area contributed by atoms with Gasteiger partial charge in [-0.05, 0) is 54.8 Å². The Balaban J connectivity index is 1.56. The summed E-state index contributed by atoms with van der Waals surface area (Å²) >= 11 is 0. The molecule has 0 atom stereocenters. The molecule has 0 aliphatic heterocycles. The van der Waals surface area contributed by atoms with Gasteiger partial charge < -0.3 is 10.6 Å². The molecule has 0 aromatic heterocycles. The first-order valence-electron chi connectivity index (χ1n) is 7.59.